The lowest BCUT2D eigenvalue weighted by atomic mass is 10.0. The molecule has 47 heavy (non-hydrogen) atoms. The van der Waals surface area contributed by atoms with E-state index in [1.54, 1.807) is 49.6 Å². The van der Waals surface area contributed by atoms with Crippen molar-refractivity contribution in [3.05, 3.63) is 124 Å². The highest BCUT2D eigenvalue weighted by Gasteiger charge is 2.35. The Labute approximate surface area is 283 Å². The van der Waals surface area contributed by atoms with E-state index in [2.05, 4.69) is 5.32 Å². The van der Waals surface area contributed by atoms with Crippen molar-refractivity contribution < 1.29 is 22.7 Å². The molecule has 0 radical (unpaired) electrons. The summed E-state index contributed by atoms with van der Waals surface area (Å²) in [5.74, 6) is -0.333. The zero-order valence-corrected chi connectivity index (χ0v) is 29.2. The molecule has 1 N–H and O–H groups in total. The smallest absolute Gasteiger partial charge is 0.264 e. The number of benzene rings is 4. The molecule has 0 bridgehead atoms. The number of anilines is 1. The third kappa shape index (κ3) is 9.36. The fraction of sp³-hybridized carbons (Fsp3) is 0.297. The molecule has 0 fully saturated rings. The topological polar surface area (TPSA) is 96.0 Å². The number of nitrogens with one attached hydrogen (secondary N) is 1. The number of methoxy groups -OCH3 is 1. The summed E-state index contributed by atoms with van der Waals surface area (Å²) >= 11 is 6.47. The standard InChI is InChI=1S/C37H42ClN3O5S/c1-26-15-19-32(20-16-26)47(44,45)41(30-18-17-27(2)33(38)23-30)25-35(42)40(24-29-13-10-14-31(21-29)46-6)34(36(43)39-37(3,4)5)22-28-11-8-7-9-12-28/h7-21,23,34H,22,24-25H2,1-6H3,(H,39,43). The van der Waals surface area contributed by atoms with Gasteiger partial charge < -0.3 is 15.0 Å². The molecule has 0 aromatic heterocycles. The van der Waals surface area contributed by atoms with Gasteiger partial charge >= 0.3 is 0 Å². The highest BCUT2D eigenvalue weighted by molar-refractivity contribution is 7.92. The van der Waals surface area contributed by atoms with Gasteiger partial charge in [-0.15, -0.1) is 0 Å². The molecule has 4 aromatic rings. The monoisotopic (exact) mass is 675 g/mol. The number of amides is 2. The molecule has 1 atom stereocenters. The maximum atomic E-state index is 14.6. The van der Waals surface area contributed by atoms with Crippen LogP contribution in [0.4, 0.5) is 5.69 Å². The van der Waals surface area contributed by atoms with Gasteiger partial charge in [0.05, 0.1) is 17.7 Å². The summed E-state index contributed by atoms with van der Waals surface area (Å²) in [5.41, 5.74) is 2.86. The fourth-order valence-electron chi connectivity index (χ4n) is 5.08. The summed E-state index contributed by atoms with van der Waals surface area (Å²) < 4.78 is 35.0. The number of halogens is 1. The van der Waals surface area contributed by atoms with Crippen LogP contribution in [0.15, 0.2) is 102 Å². The molecule has 0 heterocycles. The first-order valence-electron chi connectivity index (χ1n) is 15.3. The van der Waals surface area contributed by atoms with Gasteiger partial charge in [-0.1, -0.05) is 77.8 Å². The minimum atomic E-state index is -4.24. The number of aryl methyl sites for hydroxylation is 2. The van der Waals surface area contributed by atoms with E-state index in [-0.39, 0.29) is 29.5 Å². The summed E-state index contributed by atoms with van der Waals surface area (Å²) in [6.07, 6.45) is 0.208. The van der Waals surface area contributed by atoms with Crippen LogP contribution >= 0.6 is 11.6 Å². The van der Waals surface area contributed by atoms with Gasteiger partial charge in [0.15, 0.2) is 0 Å². The molecule has 2 amide bonds. The number of hydrogen-bond donors (Lipinski definition) is 1. The molecule has 4 rings (SSSR count). The zero-order chi connectivity index (χ0) is 34.4. The molecule has 0 saturated heterocycles. The Balaban J connectivity index is 1.84. The first-order chi connectivity index (χ1) is 22.2. The third-order valence-corrected chi connectivity index (χ3v) is 9.78. The minimum Gasteiger partial charge on any atom is -0.497 e. The highest BCUT2D eigenvalue weighted by Crippen LogP contribution is 2.29. The Hall–Kier alpha value is -4.34. The lowest BCUT2D eigenvalue weighted by Gasteiger charge is -2.35. The molecule has 0 aliphatic heterocycles. The van der Waals surface area contributed by atoms with Gasteiger partial charge in [0.2, 0.25) is 11.8 Å². The SMILES string of the molecule is COc1cccc(CN(C(=O)CN(c2ccc(C)c(Cl)c2)S(=O)(=O)c2ccc(C)cc2)C(Cc2ccccc2)C(=O)NC(C)(C)C)c1. The summed E-state index contributed by atoms with van der Waals surface area (Å²) in [6, 6.07) is 27.0. The average Bonchev–Trinajstić information content (AvgIpc) is 3.02. The second kappa shape index (κ2) is 15.0. The quantitative estimate of drug-likeness (QED) is 0.180. The van der Waals surface area contributed by atoms with Crippen LogP contribution in [0.3, 0.4) is 0 Å². The molecule has 1 unspecified atom stereocenters. The van der Waals surface area contributed by atoms with E-state index in [0.29, 0.717) is 16.3 Å². The number of carbonyl (C=O) groups excluding carboxylic acids is 2. The van der Waals surface area contributed by atoms with Gasteiger partial charge in [-0.3, -0.25) is 13.9 Å². The predicted octanol–water partition coefficient (Wildman–Crippen LogP) is 6.72. The number of rotatable bonds is 12. The Bertz CT molecular complexity index is 1810. The van der Waals surface area contributed by atoms with Crippen LogP contribution in [0.25, 0.3) is 0 Å². The van der Waals surface area contributed by atoms with Crippen LogP contribution in [0.2, 0.25) is 5.02 Å². The number of nitrogens with zero attached hydrogens (tertiary/aromatic N) is 2. The normalized spacial score (nSPS) is 12.2. The maximum Gasteiger partial charge on any atom is 0.264 e. The molecule has 0 aliphatic rings. The minimum absolute atomic E-state index is 0.0260. The van der Waals surface area contributed by atoms with Gasteiger partial charge in [-0.2, -0.15) is 0 Å². The first-order valence-corrected chi connectivity index (χ1v) is 17.1. The van der Waals surface area contributed by atoms with Gasteiger partial charge in [0.25, 0.3) is 10.0 Å². The van der Waals surface area contributed by atoms with Crippen molar-refractivity contribution in [3.63, 3.8) is 0 Å². The maximum absolute atomic E-state index is 14.6. The molecule has 8 nitrogen and oxygen atoms in total. The number of ether oxygens (including phenoxy) is 1. The van der Waals surface area contributed by atoms with Crippen molar-refractivity contribution >= 4 is 39.1 Å². The molecule has 4 aromatic carbocycles. The van der Waals surface area contributed by atoms with Gasteiger partial charge in [0, 0.05) is 23.5 Å². The highest BCUT2D eigenvalue weighted by atomic mass is 35.5. The Morgan fingerprint density at radius 2 is 1.53 bits per heavy atom. The van der Waals surface area contributed by atoms with E-state index in [1.807, 2.05) is 71.0 Å². The summed E-state index contributed by atoms with van der Waals surface area (Å²) in [7, 11) is -2.69. The van der Waals surface area contributed by atoms with Crippen molar-refractivity contribution in [1.29, 1.82) is 0 Å². The molecule has 0 saturated carbocycles. The Morgan fingerprint density at radius 3 is 2.15 bits per heavy atom. The second-order valence-corrected chi connectivity index (χ2v) is 14.8. The van der Waals surface area contributed by atoms with Crippen LogP contribution in [0, 0.1) is 13.8 Å². The van der Waals surface area contributed by atoms with Crippen molar-refractivity contribution in [1.82, 2.24) is 10.2 Å². The van der Waals surface area contributed by atoms with Crippen molar-refractivity contribution in [2.45, 2.75) is 64.1 Å². The molecular formula is C37H42ClN3O5S. The molecular weight excluding hydrogens is 634 g/mol. The van der Waals surface area contributed by atoms with Gasteiger partial charge in [0.1, 0.15) is 18.3 Å². The number of carbonyl (C=O) groups is 2. The number of hydrogen-bond acceptors (Lipinski definition) is 5. The Morgan fingerprint density at radius 1 is 0.872 bits per heavy atom. The van der Waals surface area contributed by atoms with Crippen molar-refractivity contribution in [2.24, 2.45) is 0 Å². The van der Waals surface area contributed by atoms with Crippen LogP contribution in [0.1, 0.15) is 43.0 Å². The summed E-state index contributed by atoms with van der Waals surface area (Å²) in [6.45, 7) is 8.74. The largest absolute Gasteiger partial charge is 0.497 e. The second-order valence-electron chi connectivity index (χ2n) is 12.6. The predicted molar refractivity (Wildman–Crippen MR) is 187 cm³/mol. The molecule has 10 heteroatoms. The molecule has 0 aliphatic carbocycles. The van der Waals surface area contributed by atoms with E-state index in [1.165, 1.54) is 23.1 Å². The lowest BCUT2D eigenvalue weighted by molar-refractivity contribution is -0.140. The van der Waals surface area contributed by atoms with Crippen LogP contribution in [-0.4, -0.2) is 50.4 Å². The van der Waals surface area contributed by atoms with E-state index in [0.717, 1.165) is 21.0 Å². The Kier molecular flexibility index (Phi) is 11.4. The molecule has 248 valence electrons. The lowest BCUT2D eigenvalue weighted by Crippen LogP contribution is -2.56. The van der Waals surface area contributed by atoms with Gasteiger partial charge in [-0.25, -0.2) is 8.42 Å². The average molecular weight is 676 g/mol. The first kappa shape index (κ1) is 35.5. The van der Waals surface area contributed by atoms with Crippen LogP contribution in [0.5, 0.6) is 5.75 Å². The fourth-order valence-corrected chi connectivity index (χ4v) is 6.66. The number of sulfonamides is 1. The van der Waals surface area contributed by atoms with Crippen LogP contribution in [-0.2, 0) is 32.6 Å². The van der Waals surface area contributed by atoms with Gasteiger partial charge in [-0.05, 0) is 87.7 Å². The van der Waals surface area contributed by atoms with E-state index < -0.39 is 34.1 Å². The van der Waals surface area contributed by atoms with E-state index in [4.69, 9.17) is 16.3 Å². The summed E-state index contributed by atoms with van der Waals surface area (Å²) in [4.78, 5) is 30.2. The zero-order valence-electron chi connectivity index (χ0n) is 27.7. The third-order valence-electron chi connectivity index (χ3n) is 7.59. The van der Waals surface area contributed by atoms with E-state index in [9.17, 15) is 18.0 Å². The van der Waals surface area contributed by atoms with Crippen molar-refractivity contribution in [3.8, 4) is 5.75 Å². The summed E-state index contributed by atoms with van der Waals surface area (Å²) in [5, 5.41) is 3.40. The molecule has 0 spiro atoms. The van der Waals surface area contributed by atoms with Crippen LogP contribution < -0.4 is 14.4 Å². The van der Waals surface area contributed by atoms with E-state index >= 15 is 0 Å². The van der Waals surface area contributed by atoms with Crippen molar-refractivity contribution in [2.75, 3.05) is 18.0 Å².